The summed E-state index contributed by atoms with van der Waals surface area (Å²) >= 11 is 5.95. The monoisotopic (exact) mass is 498 g/mol. The van der Waals surface area contributed by atoms with Gasteiger partial charge >= 0.3 is 6.18 Å². The molecule has 0 bridgehead atoms. The van der Waals surface area contributed by atoms with Crippen molar-refractivity contribution in [1.29, 1.82) is 0 Å². The number of rotatable bonds is 4. The van der Waals surface area contributed by atoms with Gasteiger partial charge < -0.3 is 15.0 Å². The molecule has 0 saturated carbocycles. The molecule has 184 valence electrons. The summed E-state index contributed by atoms with van der Waals surface area (Å²) < 4.78 is 61.7. The molecule has 2 aliphatic rings. The molecule has 2 fully saturated rings. The summed E-state index contributed by atoms with van der Waals surface area (Å²) in [6.45, 7) is 1.85. The summed E-state index contributed by atoms with van der Waals surface area (Å²) in [5, 5.41) is 3.47. The van der Waals surface area contributed by atoms with Gasteiger partial charge in [0.25, 0.3) is 11.5 Å². The predicted octanol–water partition coefficient (Wildman–Crippen LogP) is 5.27. The van der Waals surface area contributed by atoms with Crippen LogP contribution in [-0.4, -0.2) is 50.3 Å². The smallest absolute Gasteiger partial charge is 0.356 e. The van der Waals surface area contributed by atoms with Gasteiger partial charge in [-0.25, -0.2) is 4.39 Å². The molecule has 4 nitrogen and oxygen atoms in total. The second kappa shape index (κ2) is 9.47. The lowest BCUT2D eigenvalue weighted by atomic mass is 9.62. The lowest BCUT2D eigenvalue weighted by Crippen LogP contribution is -2.59. The standard InChI is InChI=1S/C25H27ClF4N2O2/c1-34-24(25(28,29)30,18-3-2-4-19(26)15-18)22(33)32-13-10-23(11-14-32)9-12-31-16-21(23)17-5-7-20(27)8-6-17/h2-8,15,21,31H,9-14,16H2,1H3/t21-,24+/m0/s1. The van der Waals surface area contributed by atoms with E-state index >= 15 is 0 Å². The Kier molecular flexibility index (Phi) is 6.95. The van der Waals surface area contributed by atoms with Crippen LogP contribution in [0.5, 0.6) is 0 Å². The van der Waals surface area contributed by atoms with Crippen molar-refractivity contribution in [3.8, 4) is 0 Å². The largest absolute Gasteiger partial charge is 0.430 e. The Hall–Kier alpha value is -2.16. The molecular weight excluding hydrogens is 472 g/mol. The van der Waals surface area contributed by atoms with Crippen LogP contribution in [0, 0.1) is 11.2 Å². The number of ether oxygens (including phenoxy) is 1. The van der Waals surface area contributed by atoms with Crippen molar-refractivity contribution in [3.63, 3.8) is 0 Å². The lowest BCUT2D eigenvalue weighted by molar-refractivity contribution is -0.271. The average Bonchev–Trinajstić information content (AvgIpc) is 2.80. The third-order valence-electron chi connectivity index (χ3n) is 7.44. The number of halogens is 5. The zero-order valence-electron chi connectivity index (χ0n) is 18.8. The maximum atomic E-state index is 14.4. The molecule has 1 amide bonds. The van der Waals surface area contributed by atoms with Crippen molar-refractivity contribution < 1.29 is 27.1 Å². The van der Waals surface area contributed by atoms with E-state index in [1.807, 2.05) is 0 Å². The van der Waals surface area contributed by atoms with Crippen LogP contribution < -0.4 is 5.32 Å². The van der Waals surface area contributed by atoms with Gasteiger partial charge in [0.2, 0.25) is 0 Å². The highest BCUT2D eigenvalue weighted by molar-refractivity contribution is 6.30. The third-order valence-corrected chi connectivity index (χ3v) is 7.68. The van der Waals surface area contributed by atoms with Crippen molar-refractivity contribution in [2.24, 2.45) is 5.41 Å². The Bertz CT molecular complexity index is 1020. The molecule has 1 spiro atoms. The first kappa shape index (κ1) is 24.9. The second-order valence-electron chi connectivity index (χ2n) is 9.11. The minimum Gasteiger partial charge on any atom is -0.356 e. The van der Waals surface area contributed by atoms with Gasteiger partial charge in [0.15, 0.2) is 0 Å². The Labute approximate surface area is 201 Å². The molecule has 2 heterocycles. The van der Waals surface area contributed by atoms with Crippen LogP contribution in [0.15, 0.2) is 48.5 Å². The Morgan fingerprint density at radius 2 is 1.79 bits per heavy atom. The molecule has 34 heavy (non-hydrogen) atoms. The average molecular weight is 499 g/mol. The van der Waals surface area contributed by atoms with E-state index in [1.165, 1.54) is 35.2 Å². The van der Waals surface area contributed by atoms with Crippen LogP contribution in [0.3, 0.4) is 0 Å². The van der Waals surface area contributed by atoms with E-state index < -0.39 is 17.7 Å². The molecular formula is C25H27ClF4N2O2. The SMILES string of the molecule is CO[C@@](C(=O)N1CCC2(CCNC[C@H]2c2ccc(F)cc2)CC1)(c1cccc(Cl)c1)C(F)(F)F. The molecule has 2 aromatic rings. The molecule has 2 atom stereocenters. The van der Waals surface area contributed by atoms with Crippen LogP contribution >= 0.6 is 11.6 Å². The Morgan fingerprint density at radius 1 is 1.12 bits per heavy atom. The number of likely N-dealkylation sites (tertiary alicyclic amines) is 1. The van der Waals surface area contributed by atoms with E-state index in [9.17, 15) is 22.4 Å². The highest BCUT2D eigenvalue weighted by atomic mass is 35.5. The Morgan fingerprint density at radius 3 is 2.38 bits per heavy atom. The zero-order valence-corrected chi connectivity index (χ0v) is 19.6. The summed E-state index contributed by atoms with van der Waals surface area (Å²) in [4.78, 5) is 14.7. The predicted molar refractivity (Wildman–Crippen MR) is 121 cm³/mol. The summed E-state index contributed by atoms with van der Waals surface area (Å²) in [6, 6.07) is 11.6. The van der Waals surface area contributed by atoms with Crippen molar-refractivity contribution >= 4 is 17.5 Å². The molecule has 9 heteroatoms. The van der Waals surface area contributed by atoms with Crippen LogP contribution in [0.4, 0.5) is 17.6 Å². The number of hydrogen-bond donors (Lipinski definition) is 1. The number of carbonyl (C=O) groups excluding carboxylic acids is 1. The van der Waals surface area contributed by atoms with Crippen molar-refractivity contribution in [1.82, 2.24) is 10.2 Å². The fraction of sp³-hybridized carbons (Fsp3) is 0.480. The molecule has 0 radical (unpaired) electrons. The fourth-order valence-electron chi connectivity index (χ4n) is 5.55. The molecule has 1 N–H and O–H groups in total. The quantitative estimate of drug-likeness (QED) is 0.584. The summed E-state index contributed by atoms with van der Waals surface area (Å²) in [5.41, 5.74) is -2.66. The molecule has 2 saturated heterocycles. The summed E-state index contributed by atoms with van der Waals surface area (Å²) in [7, 11) is 0.898. The fourth-order valence-corrected chi connectivity index (χ4v) is 5.74. The first-order valence-electron chi connectivity index (χ1n) is 11.3. The first-order valence-corrected chi connectivity index (χ1v) is 11.6. The van der Waals surface area contributed by atoms with Gasteiger partial charge in [0.1, 0.15) is 5.82 Å². The molecule has 2 aliphatic heterocycles. The number of amides is 1. The lowest BCUT2D eigenvalue weighted by Gasteiger charge is -2.50. The van der Waals surface area contributed by atoms with Crippen molar-refractivity contribution in [3.05, 3.63) is 70.5 Å². The first-order chi connectivity index (χ1) is 16.1. The summed E-state index contributed by atoms with van der Waals surface area (Å²) in [6.07, 6.45) is -3.05. The number of benzene rings is 2. The molecule has 2 aromatic carbocycles. The number of nitrogens with zero attached hydrogens (tertiary/aromatic N) is 1. The van der Waals surface area contributed by atoms with E-state index in [0.29, 0.717) is 19.4 Å². The van der Waals surface area contributed by atoms with E-state index in [-0.39, 0.29) is 40.8 Å². The van der Waals surface area contributed by atoms with E-state index in [1.54, 1.807) is 12.1 Å². The molecule has 4 rings (SSSR count). The van der Waals surface area contributed by atoms with E-state index in [4.69, 9.17) is 16.3 Å². The van der Waals surface area contributed by atoms with Crippen molar-refractivity contribution in [2.75, 3.05) is 33.3 Å². The maximum absolute atomic E-state index is 14.4. The summed E-state index contributed by atoms with van der Waals surface area (Å²) in [5.74, 6) is -1.36. The van der Waals surface area contributed by atoms with E-state index in [0.717, 1.165) is 31.7 Å². The minimum absolute atomic E-state index is 0.0850. The number of methoxy groups -OCH3 is 1. The third kappa shape index (κ3) is 4.32. The number of carbonyl (C=O) groups is 1. The van der Waals surface area contributed by atoms with E-state index in [2.05, 4.69) is 5.32 Å². The minimum atomic E-state index is -4.98. The van der Waals surface area contributed by atoms with Crippen LogP contribution in [0.2, 0.25) is 5.02 Å². The number of alkyl halides is 3. The van der Waals surface area contributed by atoms with Crippen LogP contribution in [0.25, 0.3) is 0 Å². The van der Waals surface area contributed by atoms with Gasteiger partial charge in [0, 0.05) is 43.2 Å². The Balaban J connectivity index is 1.60. The van der Waals surface area contributed by atoms with Gasteiger partial charge in [0.05, 0.1) is 0 Å². The molecule has 0 aromatic heterocycles. The number of hydrogen-bond acceptors (Lipinski definition) is 3. The number of piperidine rings is 2. The topological polar surface area (TPSA) is 41.6 Å². The molecule has 0 aliphatic carbocycles. The van der Waals surface area contributed by atoms with Gasteiger partial charge in [-0.2, -0.15) is 13.2 Å². The second-order valence-corrected chi connectivity index (χ2v) is 9.54. The maximum Gasteiger partial charge on any atom is 0.430 e. The van der Waals surface area contributed by atoms with Gasteiger partial charge in [-0.3, -0.25) is 4.79 Å². The van der Waals surface area contributed by atoms with Gasteiger partial charge in [-0.15, -0.1) is 0 Å². The zero-order chi connectivity index (χ0) is 24.6. The molecule has 0 unspecified atom stereocenters. The van der Waals surface area contributed by atoms with Gasteiger partial charge in [-0.05, 0) is 61.1 Å². The van der Waals surface area contributed by atoms with Gasteiger partial charge in [-0.1, -0.05) is 35.9 Å². The van der Waals surface area contributed by atoms with Crippen LogP contribution in [-0.2, 0) is 15.1 Å². The number of nitrogens with one attached hydrogen (secondary N) is 1. The highest BCUT2D eigenvalue weighted by Crippen LogP contribution is 2.50. The van der Waals surface area contributed by atoms with Crippen LogP contribution in [0.1, 0.15) is 36.3 Å². The normalized spacial score (nSPS) is 22.4. The highest BCUT2D eigenvalue weighted by Gasteiger charge is 2.64. The van der Waals surface area contributed by atoms with Crippen molar-refractivity contribution in [2.45, 2.75) is 37.0 Å².